The average molecular weight is 467 g/mol. The first-order valence-corrected chi connectivity index (χ1v) is 11.7. The van der Waals surface area contributed by atoms with Crippen molar-refractivity contribution in [3.05, 3.63) is 64.1 Å². The summed E-state index contributed by atoms with van der Waals surface area (Å²) in [6.07, 6.45) is 0. The molecule has 27 heavy (non-hydrogen) atoms. The molecule has 0 aliphatic rings. The zero-order chi connectivity index (χ0) is 19.5. The van der Waals surface area contributed by atoms with Crippen LogP contribution in [0.5, 0.6) is 0 Å². The van der Waals surface area contributed by atoms with E-state index in [0.717, 1.165) is 21.7 Å². The van der Waals surface area contributed by atoms with Crippen LogP contribution < -0.4 is 10.6 Å². The van der Waals surface area contributed by atoms with Crippen molar-refractivity contribution in [3.8, 4) is 0 Å². The Balaban J connectivity index is 1.51. The number of carbonyl (C=O) groups excluding carboxylic acids is 2. The van der Waals surface area contributed by atoms with Crippen LogP contribution in [0.15, 0.2) is 53.0 Å². The SMILES string of the molecule is Cc1ccc(CSCCNC(=O)CSCC(=O)Nc2cccc(Br)c2)cc1. The smallest absolute Gasteiger partial charge is 0.234 e. The molecule has 144 valence electrons. The second kappa shape index (κ2) is 12.1. The van der Waals surface area contributed by atoms with E-state index in [1.807, 2.05) is 24.3 Å². The van der Waals surface area contributed by atoms with Crippen molar-refractivity contribution in [3.63, 3.8) is 0 Å². The first kappa shape index (κ1) is 21.9. The molecule has 2 rings (SSSR count). The maximum absolute atomic E-state index is 11.9. The van der Waals surface area contributed by atoms with E-state index in [4.69, 9.17) is 0 Å². The molecule has 0 aliphatic carbocycles. The molecule has 0 atom stereocenters. The van der Waals surface area contributed by atoms with E-state index in [1.54, 1.807) is 11.8 Å². The number of aryl methyl sites for hydroxylation is 1. The van der Waals surface area contributed by atoms with Gasteiger partial charge in [0.2, 0.25) is 11.8 Å². The molecule has 0 bridgehead atoms. The third-order valence-corrected chi connectivity index (χ3v) is 5.99. The number of rotatable bonds is 10. The molecular formula is C20H23BrN2O2S2. The van der Waals surface area contributed by atoms with Crippen LogP contribution in [-0.2, 0) is 15.3 Å². The number of hydrogen-bond acceptors (Lipinski definition) is 4. The second-order valence-corrected chi connectivity index (χ2v) is 8.95. The van der Waals surface area contributed by atoms with Crippen LogP contribution in [0.25, 0.3) is 0 Å². The normalized spacial score (nSPS) is 10.4. The molecule has 0 heterocycles. The first-order valence-electron chi connectivity index (χ1n) is 8.56. The van der Waals surface area contributed by atoms with Gasteiger partial charge in [0.25, 0.3) is 0 Å². The van der Waals surface area contributed by atoms with Gasteiger partial charge in [0, 0.05) is 28.2 Å². The predicted octanol–water partition coefficient (Wildman–Crippen LogP) is 4.48. The Morgan fingerprint density at radius 2 is 1.74 bits per heavy atom. The van der Waals surface area contributed by atoms with Crippen LogP contribution in [0.3, 0.4) is 0 Å². The standard InChI is InChI=1S/C20H23BrN2O2S2/c1-15-5-7-16(8-6-15)12-26-10-9-22-19(24)13-27-14-20(25)23-18-4-2-3-17(21)11-18/h2-8,11H,9-10,12-14H2,1H3,(H,22,24)(H,23,25). The largest absolute Gasteiger partial charge is 0.355 e. The fraction of sp³-hybridized carbons (Fsp3) is 0.300. The van der Waals surface area contributed by atoms with Gasteiger partial charge in [-0.1, -0.05) is 51.8 Å². The summed E-state index contributed by atoms with van der Waals surface area (Å²) in [7, 11) is 0. The Kier molecular flexibility index (Phi) is 9.80. The van der Waals surface area contributed by atoms with Crippen LogP contribution in [-0.4, -0.2) is 35.6 Å². The van der Waals surface area contributed by atoms with Crippen LogP contribution >= 0.6 is 39.5 Å². The Hall–Kier alpha value is -1.44. The van der Waals surface area contributed by atoms with E-state index < -0.39 is 0 Å². The Morgan fingerprint density at radius 3 is 2.48 bits per heavy atom. The van der Waals surface area contributed by atoms with Gasteiger partial charge in [0.15, 0.2) is 0 Å². The van der Waals surface area contributed by atoms with Crippen LogP contribution in [0.4, 0.5) is 5.69 Å². The molecular weight excluding hydrogens is 444 g/mol. The molecule has 0 radical (unpaired) electrons. The molecule has 0 fully saturated rings. The summed E-state index contributed by atoms with van der Waals surface area (Å²) in [5.74, 6) is 2.20. The molecule has 0 spiro atoms. The summed E-state index contributed by atoms with van der Waals surface area (Å²) in [6, 6.07) is 15.9. The summed E-state index contributed by atoms with van der Waals surface area (Å²) < 4.78 is 0.910. The van der Waals surface area contributed by atoms with Gasteiger partial charge in [-0.2, -0.15) is 11.8 Å². The molecule has 7 heteroatoms. The highest BCUT2D eigenvalue weighted by atomic mass is 79.9. The summed E-state index contributed by atoms with van der Waals surface area (Å²) in [4.78, 5) is 23.7. The molecule has 4 nitrogen and oxygen atoms in total. The maximum atomic E-state index is 11.9. The lowest BCUT2D eigenvalue weighted by Gasteiger charge is -2.07. The molecule has 0 saturated carbocycles. The van der Waals surface area contributed by atoms with Crippen molar-refractivity contribution in [1.29, 1.82) is 0 Å². The van der Waals surface area contributed by atoms with Crippen LogP contribution in [0.2, 0.25) is 0 Å². The predicted molar refractivity (Wildman–Crippen MR) is 120 cm³/mol. The minimum atomic E-state index is -0.112. The number of nitrogens with one attached hydrogen (secondary N) is 2. The highest BCUT2D eigenvalue weighted by molar-refractivity contribution is 9.10. The van der Waals surface area contributed by atoms with Gasteiger partial charge in [-0.05, 0) is 30.7 Å². The van der Waals surface area contributed by atoms with Gasteiger partial charge < -0.3 is 10.6 Å². The molecule has 2 aromatic rings. The molecule has 2 aromatic carbocycles. The molecule has 2 amide bonds. The number of thioether (sulfide) groups is 2. The number of amides is 2. The minimum Gasteiger partial charge on any atom is -0.355 e. The van der Waals surface area contributed by atoms with Crippen molar-refractivity contribution < 1.29 is 9.59 Å². The van der Waals surface area contributed by atoms with Gasteiger partial charge in [-0.25, -0.2) is 0 Å². The molecule has 0 unspecified atom stereocenters. The van der Waals surface area contributed by atoms with Gasteiger partial charge in [0.1, 0.15) is 0 Å². The van der Waals surface area contributed by atoms with E-state index in [0.29, 0.717) is 6.54 Å². The highest BCUT2D eigenvalue weighted by Crippen LogP contribution is 2.16. The molecule has 0 aliphatic heterocycles. The van der Waals surface area contributed by atoms with E-state index in [1.165, 1.54) is 22.9 Å². The van der Waals surface area contributed by atoms with Crippen molar-refractivity contribution in [2.24, 2.45) is 0 Å². The number of carbonyl (C=O) groups is 2. The number of benzene rings is 2. The number of anilines is 1. The third kappa shape index (κ3) is 9.35. The monoisotopic (exact) mass is 466 g/mol. The van der Waals surface area contributed by atoms with Crippen LogP contribution in [0.1, 0.15) is 11.1 Å². The summed E-state index contributed by atoms with van der Waals surface area (Å²) in [6.45, 7) is 2.72. The van der Waals surface area contributed by atoms with E-state index >= 15 is 0 Å². The summed E-state index contributed by atoms with van der Waals surface area (Å²) in [5.41, 5.74) is 3.30. The van der Waals surface area contributed by atoms with Crippen LogP contribution in [0, 0.1) is 6.92 Å². The summed E-state index contributed by atoms with van der Waals surface area (Å²) >= 11 is 6.47. The van der Waals surface area contributed by atoms with Gasteiger partial charge in [0.05, 0.1) is 11.5 Å². The summed E-state index contributed by atoms with van der Waals surface area (Å²) in [5, 5.41) is 5.70. The van der Waals surface area contributed by atoms with Crippen molar-refractivity contribution in [1.82, 2.24) is 5.32 Å². The first-order chi connectivity index (χ1) is 13.0. The number of hydrogen-bond donors (Lipinski definition) is 2. The minimum absolute atomic E-state index is 0.0359. The Morgan fingerprint density at radius 1 is 1.00 bits per heavy atom. The Bertz CT molecular complexity index is 754. The fourth-order valence-corrected chi connectivity index (χ4v) is 4.05. The lowest BCUT2D eigenvalue weighted by atomic mass is 10.2. The van der Waals surface area contributed by atoms with Crippen molar-refractivity contribution in [2.45, 2.75) is 12.7 Å². The lowest BCUT2D eigenvalue weighted by Crippen LogP contribution is -2.28. The topological polar surface area (TPSA) is 58.2 Å². The maximum Gasteiger partial charge on any atom is 0.234 e. The quantitative estimate of drug-likeness (QED) is 0.506. The molecule has 2 N–H and O–H groups in total. The van der Waals surface area contributed by atoms with E-state index in [2.05, 4.69) is 57.8 Å². The van der Waals surface area contributed by atoms with Gasteiger partial charge >= 0.3 is 0 Å². The van der Waals surface area contributed by atoms with Gasteiger partial charge in [-0.3, -0.25) is 9.59 Å². The zero-order valence-corrected chi connectivity index (χ0v) is 18.4. The lowest BCUT2D eigenvalue weighted by molar-refractivity contribution is -0.118. The Labute approximate surface area is 177 Å². The second-order valence-electron chi connectivity index (χ2n) is 5.94. The van der Waals surface area contributed by atoms with E-state index in [-0.39, 0.29) is 23.3 Å². The van der Waals surface area contributed by atoms with Crippen molar-refractivity contribution >= 4 is 57.0 Å². The average Bonchev–Trinajstić information content (AvgIpc) is 2.63. The zero-order valence-electron chi connectivity index (χ0n) is 15.2. The van der Waals surface area contributed by atoms with Crippen molar-refractivity contribution in [2.75, 3.05) is 29.1 Å². The van der Waals surface area contributed by atoms with E-state index in [9.17, 15) is 9.59 Å². The molecule has 0 aromatic heterocycles. The molecule has 0 saturated heterocycles. The highest BCUT2D eigenvalue weighted by Gasteiger charge is 2.06. The fourth-order valence-electron chi connectivity index (χ4n) is 2.19. The number of halogens is 1. The van der Waals surface area contributed by atoms with Gasteiger partial charge in [-0.15, -0.1) is 11.8 Å². The third-order valence-electron chi connectivity index (χ3n) is 3.53.